The Labute approximate surface area is 111 Å². The third-order valence-electron chi connectivity index (χ3n) is 2.67. The van der Waals surface area contributed by atoms with Crippen molar-refractivity contribution in [2.45, 2.75) is 33.7 Å². The van der Waals surface area contributed by atoms with Gasteiger partial charge in [-0.1, -0.05) is 42.8 Å². The Morgan fingerprint density at radius 3 is 2.53 bits per heavy atom. The van der Waals surface area contributed by atoms with Crippen LogP contribution in [0.1, 0.15) is 26.3 Å². The van der Waals surface area contributed by atoms with Crippen LogP contribution in [0.3, 0.4) is 0 Å². The van der Waals surface area contributed by atoms with Crippen LogP contribution in [-0.4, -0.2) is 11.9 Å². The van der Waals surface area contributed by atoms with Crippen molar-refractivity contribution in [2.75, 3.05) is 5.32 Å². The number of carbonyl (C=O) groups excluding carboxylic acids is 1. The monoisotopic (exact) mass is 298 g/mol. The zero-order valence-corrected chi connectivity index (χ0v) is 12.3. The summed E-state index contributed by atoms with van der Waals surface area (Å²) in [6.07, 6.45) is 0. The molecule has 0 fully saturated rings. The minimum absolute atomic E-state index is 0.154. The van der Waals surface area contributed by atoms with Crippen molar-refractivity contribution < 1.29 is 4.79 Å². The molecular formula is C13H19BrN2O. The molecule has 1 rings (SSSR count). The van der Waals surface area contributed by atoms with Gasteiger partial charge in [0.05, 0.1) is 6.04 Å². The minimum Gasteiger partial charge on any atom is -0.324 e. The molecule has 3 N–H and O–H groups in total. The minimum atomic E-state index is -0.527. The Bertz CT molecular complexity index is 424. The van der Waals surface area contributed by atoms with E-state index in [1.807, 2.05) is 45.9 Å². The van der Waals surface area contributed by atoms with Crippen LogP contribution in [0.5, 0.6) is 0 Å². The zero-order chi connectivity index (χ0) is 13.2. The topological polar surface area (TPSA) is 55.1 Å². The van der Waals surface area contributed by atoms with Gasteiger partial charge in [-0.15, -0.1) is 0 Å². The quantitative estimate of drug-likeness (QED) is 0.881. The Balaban J connectivity index is 2.85. The van der Waals surface area contributed by atoms with E-state index in [1.165, 1.54) is 0 Å². The predicted octanol–water partition coefficient (Wildman–Crippen LogP) is 3.07. The van der Waals surface area contributed by atoms with Crippen LogP contribution < -0.4 is 11.1 Å². The third-order valence-corrected chi connectivity index (χ3v) is 3.17. The molecular weight excluding hydrogens is 280 g/mol. The fourth-order valence-electron chi connectivity index (χ4n) is 1.33. The van der Waals surface area contributed by atoms with Gasteiger partial charge in [0.15, 0.2) is 0 Å². The van der Waals surface area contributed by atoms with E-state index in [1.54, 1.807) is 0 Å². The zero-order valence-electron chi connectivity index (χ0n) is 10.7. The Morgan fingerprint density at radius 1 is 1.41 bits per heavy atom. The Hall–Kier alpha value is -0.870. The van der Waals surface area contributed by atoms with Crippen LogP contribution in [0.25, 0.3) is 0 Å². The first-order valence-corrected chi connectivity index (χ1v) is 6.33. The van der Waals surface area contributed by atoms with Gasteiger partial charge in [0.1, 0.15) is 0 Å². The fraction of sp³-hybridized carbons (Fsp3) is 0.462. The van der Waals surface area contributed by atoms with Crippen LogP contribution in [0.2, 0.25) is 0 Å². The molecule has 1 atom stereocenters. The fourth-order valence-corrected chi connectivity index (χ4v) is 1.69. The van der Waals surface area contributed by atoms with Crippen molar-refractivity contribution in [1.29, 1.82) is 0 Å². The molecule has 17 heavy (non-hydrogen) atoms. The highest BCUT2D eigenvalue weighted by Crippen LogP contribution is 2.23. The van der Waals surface area contributed by atoms with Crippen molar-refractivity contribution in [3.05, 3.63) is 28.2 Å². The number of nitrogens with one attached hydrogen (secondary N) is 1. The van der Waals surface area contributed by atoms with Gasteiger partial charge in [-0.25, -0.2) is 0 Å². The molecule has 0 spiro atoms. The van der Waals surface area contributed by atoms with Crippen LogP contribution in [-0.2, 0) is 4.79 Å². The first kappa shape index (κ1) is 14.2. The van der Waals surface area contributed by atoms with Gasteiger partial charge in [-0.2, -0.15) is 0 Å². The number of amides is 1. The molecule has 94 valence electrons. The number of halogens is 1. The predicted molar refractivity (Wildman–Crippen MR) is 74.9 cm³/mol. The molecule has 0 saturated heterocycles. The van der Waals surface area contributed by atoms with Crippen LogP contribution >= 0.6 is 15.9 Å². The smallest absolute Gasteiger partial charge is 0.241 e. The van der Waals surface area contributed by atoms with E-state index in [0.717, 1.165) is 15.7 Å². The normalized spacial score (nSPS) is 13.3. The number of hydrogen-bond acceptors (Lipinski definition) is 2. The average Bonchev–Trinajstić information content (AvgIpc) is 2.21. The highest BCUT2D eigenvalue weighted by Gasteiger charge is 2.27. The number of carbonyl (C=O) groups is 1. The van der Waals surface area contributed by atoms with E-state index in [-0.39, 0.29) is 11.3 Å². The van der Waals surface area contributed by atoms with E-state index in [2.05, 4.69) is 21.2 Å². The lowest BCUT2D eigenvalue weighted by molar-refractivity contribution is -0.119. The van der Waals surface area contributed by atoms with Gasteiger partial charge in [-0.05, 0) is 30.0 Å². The molecule has 1 amide bonds. The number of rotatable bonds is 2. The molecule has 1 aromatic rings. The number of hydrogen-bond donors (Lipinski definition) is 2. The number of anilines is 1. The van der Waals surface area contributed by atoms with Crippen LogP contribution in [0.15, 0.2) is 22.7 Å². The number of benzene rings is 1. The first-order valence-electron chi connectivity index (χ1n) is 5.54. The summed E-state index contributed by atoms with van der Waals surface area (Å²) >= 11 is 3.38. The van der Waals surface area contributed by atoms with Crippen molar-refractivity contribution in [3.8, 4) is 0 Å². The molecule has 0 radical (unpaired) electrons. The number of aryl methyl sites for hydroxylation is 1. The van der Waals surface area contributed by atoms with Gasteiger partial charge in [0.2, 0.25) is 5.91 Å². The molecule has 3 nitrogen and oxygen atoms in total. The van der Waals surface area contributed by atoms with Crippen LogP contribution in [0.4, 0.5) is 5.69 Å². The SMILES string of the molecule is Cc1ccc(Br)cc1NC(=O)[C@@H](N)C(C)(C)C. The van der Waals surface area contributed by atoms with E-state index in [9.17, 15) is 4.79 Å². The molecule has 0 heterocycles. The molecule has 0 aliphatic carbocycles. The largest absolute Gasteiger partial charge is 0.324 e. The molecule has 0 aliphatic heterocycles. The summed E-state index contributed by atoms with van der Waals surface area (Å²) < 4.78 is 0.933. The molecule has 4 heteroatoms. The maximum Gasteiger partial charge on any atom is 0.241 e. The van der Waals surface area contributed by atoms with Gasteiger partial charge in [-0.3, -0.25) is 4.79 Å². The lowest BCUT2D eigenvalue weighted by Gasteiger charge is -2.26. The highest BCUT2D eigenvalue weighted by atomic mass is 79.9. The maximum atomic E-state index is 12.0. The van der Waals surface area contributed by atoms with Gasteiger partial charge < -0.3 is 11.1 Å². The summed E-state index contributed by atoms with van der Waals surface area (Å²) in [4.78, 5) is 12.0. The molecule has 0 saturated carbocycles. The Morgan fingerprint density at radius 2 is 2.00 bits per heavy atom. The lowest BCUT2D eigenvalue weighted by atomic mass is 9.87. The van der Waals surface area contributed by atoms with Gasteiger partial charge in [0, 0.05) is 10.2 Å². The van der Waals surface area contributed by atoms with Crippen molar-refractivity contribution in [1.82, 2.24) is 0 Å². The Kier molecular flexibility index (Phi) is 4.33. The van der Waals surface area contributed by atoms with Crippen molar-refractivity contribution >= 4 is 27.5 Å². The number of nitrogens with two attached hydrogens (primary N) is 1. The van der Waals surface area contributed by atoms with E-state index >= 15 is 0 Å². The maximum absolute atomic E-state index is 12.0. The van der Waals surface area contributed by atoms with Crippen LogP contribution in [0, 0.1) is 12.3 Å². The molecule has 0 aliphatic rings. The third kappa shape index (κ3) is 3.82. The molecule has 0 bridgehead atoms. The second kappa shape index (κ2) is 5.19. The summed E-state index contributed by atoms with van der Waals surface area (Å²) in [5.74, 6) is -0.154. The van der Waals surface area contributed by atoms with E-state index in [4.69, 9.17) is 5.73 Å². The summed E-state index contributed by atoms with van der Waals surface area (Å²) in [5.41, 5.74) is 7.47. The summed E-state index contributed by atoms with van der Waals surface area (Å²) in [7, 11) is 0. The second-order valence-electron chi connectivity index (χ2n) is 5.29. The second-order valence-corrected chi connectivity index (χ2v) is 6.21. The average molecular weight is 299 g/mol. The lowest BCUT2D eigenvalue weighted by Crippen LogP contribution is -2.45. The van der Waals surface area contributed by atoms with Gasteiger partial charge >= 0.3 is 0 Å². The summed E-state index contributed by atoms with van der Waals surface area (Å²) in [6, 6.07) is 5.24. The van der Waals surface area contributed by atoms with Gasteiger partial charge in [0.25, 0.3) is 0 Å². The molecule has 0 unspecified atom stereocenters. The van der Waals surface area contributed by atoms with Crippen molar-refractivity contribution in [3.63, 3.8) is 0 Å². The molecule has 1 aromatic carbocycles. The standard InChI is InChI=1S/C13H19BrN2O/c1-8-5-6-9(14)7-10(8)16-12(17)11(15)13(2,3)4/h5-7,11H,15H2,1-4H3,(H,16,17)/t11-/m1/s1. The highest BCUT2D eigenvalue weighted by molar-refractivity contribution is 9.10. The first-order chi connectivity index (χ1) is 7.71. The van der Waals surface area contributed by atoms with E-state index in [0.29, 0.717) is 0 Å². The van der Waals surface area contributed by atoms with E-state index < -0.39 is 6.04 Å². The summed E-state index contributed by atoms with van der Waals surface area (Å²) in [5, 5.41) is 2.86. The summed E-state index contributed by atoms with van der Waals surface area (Å²) in [6.45, 7) is 7.80. The molecule has 0 aromatic heterocycles. The van der Waals surface area contributed by atoms with Crippen molar-refractivity contribution in [2.24, 2.45) is 11.1 Å².